The number of rotatable bonds is 5. The predicted molar refractivity (Wildman–Crippen MR) is 69.5 cm³/mol. The molecule has 0 aromatic heterocycles. The molecule has 0 saturated heterocycles. The molecule has 0 amide bonds. The van der Waals surface area contributed by atoms with Crippen molar-refractivity contribution in [3.63, 3.8) is 0 Å². The van der Waals surface area contributed by atoms with E-state index >= 15 is 0 Å². The van der Waals surface area contributed by atoms with Gasteiger partial charge in [0.05, 0.1) is 6.34 Å². The third kappa shape index (κ3) is 6.16. The Kier molecular flexibility index (Phi) is 9.26. The number of nitrogens with one attached hydrogen (secondary N) is 2. The Morgan fingerprint density at radius 1 is 1.38 bits per heavy atom. The lowest BCUT2D eigenvalue weighted by atomic mass is 10.0. The van der Waals surface area contributed by atoms with Gasteiger partial charge in [0.15, 0.2) is 0 Å². The first-order valence-electron chi connectivity index (χ1n) is 5.43. The SMILES string of the molecule is CNC(CCCN)c1ccccc1.N=CN. The van der Waals surface area contributed by atoms with Crippen LogP contribution >= 0.6 is 0 Å². The van der Waals surface area contributed by atoms with Gasteiger partial charge in [-0.2, -0.15) is 0 Å². The highest BCUT2D eigenvalue weighted by Crippen LogP contribution is 2.16. The second-order valence-electron chi connectivity index (χ2n) is 3.35. The van der Waals surface area contributed by atoms with Crippen LogP contribution in [0.25, 0.3) is 0 Å². The van der Waals surface area contributed by atoms with Gasteiger partial charge in [-0.25, -0.2) is 0 Å². The van der Waals surface area contributed by atoms with Gasteiger partial charge in [-0.3, -0.25) is 5.41 Å². The van der Waals surface area contributed by atoms with Gasteiger partial charge in [0.2, 0.25) is 0 Å². The standard InChI is InChI=1S/C11H18N2.CH4N2/c1-13-11(8-5-9-12)10-6-3-2-4-7-10;2-1-3/h2-4,6-7,11,13H,5,8-9,12H2,1H3;1H,(H3,2,3). The van der Waals surface area contributed by atoms with Crippen LogP contribution in [0.3, 0.4) is 0 Å². The molecule has 4 heteroatoms. The topological polar surface area (TPSA) is 87.9 Å². The summed E-state index contributed by atoms with van der Waals surface area (Å²) in [4.78, 5) is 0. The summed E-state index contributed by atoms with van der Waals surface area (Å²) in [6.07, 6.45) is 2.93. The average molecular weight is 222 g/mol. The van der Waals surface area contributed by atoms with E-state index in [1.807, 2.05) is 13.1 Å². The Bertz CT molecular complexity index is 261. The third-order valence-electron chi connectivity index (χ3n) is 2.25. The van der Waals surface area contributed by atoms with Crippen molar-refractivity contribution >= 4 is 6.34 Å². The van der Waals surface area contributed by atoms with Gasteiger partial charge >= 0.3 is 0 Å². The maximum atomic E-state index is 5.86. The summed E-state index contributed by atoms with van der Waals surface area (Å²) >= 11 is 0. The van der Waals surface area contributed by atoms with Crippen LogP contribution in [-0.2, 0) is 0 Å². The van der Waals surface area contributed by atoms with Crippen molar-refractivity contribution in [1.29, 1.82) is 5.41 Å². The van der Waals surface area contributed by atoms with Gasteiger partial charge in [0.25, 0.3) is 0 Å². The summed E-state index contributed by atoms with van der Waals surface area (Å²) in [5.41, 5.74) is 11.2. The van der Waals surface area contributed by atoms with Crippen molar-refractivity contribution in [2.75, 3.05) is 13.6 Å². The van der Waals surface area contributed by atoms with Crippen molar-refractivity contribution < 1.29 is 0 Å². The van der Waals surface area contributed by atoms with Crippen molar-refractivity contribution in [1.82, 2.24) is 5.32 Å². The highest BCUT2D eigenvalue weighted by Gasteiger charge is 2.06. The molecule has 0 fully saturated rings. The molecule has 90 valence electrons. The van der Waals surface area contributed by atoms with Crippen LogP contribution in [0, 0.1) is 5.41 Å². The van der Waals surface area contributed by atoms with Crippen LogP contribution in [0.15, 0.2) is 30.3 Å². The zero-order valence-corrected chi connectivity index (χ0v) is 9.82. The maximum absolute atomic E-state index is 5.86. The molecule has 0 bridgehead atoms. The van der Waals surface area contributed by atoms with Crippen LogP contribution in [0.4, 0.5) is 0 Å². The van der Waals surface area contributed by atoms with E-state index in [1.165, 1.54) is 5.56 Å². The molecular weight excluding hydrogens is 200 g/mol. The Morgan fingerprint density at radius 3 is 2.38 bits per heavy atom. The smallest absolute Gasteiger partial charge is 0.0765 e. The molecule has 0 aliphatic heterocycles. The van der Waals surface area contributed by atoms with E-state index in [0.717, 1.165) is 25.7 Å². The highest BCUT2D eigenvalue weighted by atomic mass is 14.9. The Balaban J connectivity index is 0.000000673. The molecule has 1 aromatic rings. The molecule has 0 aliphatic rings. The quantitative estimate of drug-likeness (QED) is 0.446. The van der Waals surface area contributed by atoms with E-state index in [0.29, 0.717) is 6.04 Å². The summed E-state index contributed by atoms with van der Waals surface area (Å²) in [5.74, 6) is 0. The summed E-state index contributed by atoms with van der Waals surface area (Å²) in [5, 5.41) is 9.16. The molecular formula is C12H22N4. The summed E-state index contributed by atoms with van der Waals surface area (Å²) in [6, 6.07) is 10.9. The summed E-state index contributed by atoms with van der Waals surface area (Å²) in [6.45, 7) is 0.769. The highest BCUT2D eigenvalue weighted by molar-refractivity contribution is 5.46. The largest absolute Gasteiger partial charge is 0.390 e. The second kappa shape index (κ2) is 10.1. The van der Waals surface area contributed by atoms with Crippen molar-refractivity contribution in [2.24, 2.45) is 11.5 Å². The molecule has 1 atom stereocenters. The van der Waals surface area contributed by atoms with E-state index in [1.54, 1.807) is 0 Å². The summed E-state index contributed by atoms with van der Waals surface area (Å²) < 4.78 is 0. The van der Waals surface area contributed by atoms with Crippen LogP contribution in [0.1, 0.15) is 24.4 Å². The molecule has 1 rings (SSSR count). The normalized spacial score (nSPS) is 11.1. The third-order valence-corrected chi connectivity index (χ3v) is 2.25. The number of hydrogen-bond acceptors (Lipinski definition) is 3. The van der Waals surface area contributed by atoms with Crippen molar-refractivity contribution in [2.45, 2.75) is 18.9 Å². The van der Waals surface area contributed by atoms with Crippen molar-refractivity contribution in [3.05, 3.63) is 35.9 Å². The van der Waals surface area contributed by atoms with Crippen LogP contribution in [-0.4, -0.2) is 19.9 Å². The molecule has 16 heavy (non-hydrogen) atoms. The molecule has 0 spiro atoms. The monoisotopic (exact) mass is 222 g/mol. The number of hydrogen-bond donors (Lipinski definition) is 4. The first kappa shape index (κ1) is 14.6. The van der Waals surface area contributed by atoms with E-state index < -0.39 is 0 Å². The first-order chi connectivity index (χ1) is 7.79. The van der Waals surface area contributed by atoms with E-state index in [9.17, 15) is 0 Å². The predicted octanol–water partition coefficient (Wildman–Crippen LogP) is 1.24. The fraction of sp³-hybridized carbons (Fsp3) is 0.417. The van der Waals surface area contributed by atoms with Crippen LogP contribution < -0.4 is 16.8 Å². The molecule has 0 saturated carbocycles. The van der Waals surface area contributed by atoms with Crippen molar-refractivity contribution in [3.8, 4) is 0 Å². The van der Waals surface area contributed by atoms with Crippen LogP contribution in [0.2, 0.25) is 0 Å². The van der Waals surface area contributed by atoms with Gasteiger partial charge in [0.1, 0.15) is 0 Å². The lowest BCUT2D eigenvalue weighted by molar-refractivity contribution is 0.531. The fourth-order valence-electron chi connectivity index (χ4n) is 1.48. The minimum Gasteiger partial charge on any atom is -0.390 e. The lowest BCUT2D eigenvalue weighted by Gasteiger charge is -2.15. The lowest BCUT2D eigenvalue weighted by Crippen LogP contribution is -2.17. The Hall–Kier alpha value is -1.39. The number of benzene rings is 1. The van der Waals surface area contributed by atoms with Gasteiger partial charge in [-0.05, 0) is 32.0 Å². The number of nitrogens with two attached hydrogens (primary N) is 2. The minimum atomic E-state index is 0.449. The zero-order valence-electron chi connectivity index (χ0n) is 9.82. The zero-order chi connectivity index (χ0) is 12.2. The molecule has 0 radical (unpaired) electrons. The molecule has 1 aromatic carbocycles. The maximum Gasteiger partial charge on any atom is 0.0765 e. The minimum absolute atomic E-state index is 0.449. The van der Waals surface area contributed by atoms with Gasteiger partial charge in [-0.15, -0.1) is 0 Å². The van der Waals surface area contributed by atoms with Gasteiger partial charge in [-0.1, -0.05) is 30.3 Å². The van der Waals surface area contributed by atoms with E-state index in [-0.39, 0.29) is 0 Å². The molecule has 0 aliphatic carbocycles. The molecule has 6 N–H and O–H groups in total. The molecule has 0 heterocycles. The van der Waals surface area contributed by atoms with Gasteiger partial charge < -0.3 is 16.8 Å². The average Bonchev–Trinajstić information content (AvgIpc) is 2.32. The first-order valence-corrected chi connectivity index (χ1v) is 5.43. The summed E-state index contributed by atoms with van der Waals surface area (Å²) in [7, 11) is 1.99. The second-order valence-corrected chi connectivity index (χ2v) is 3.35. The van der Waals surface area contributed by atoms with E-state index in [2.05, 4.69) is 35.3 Å². The Labute approximate surface area is 97.5 Å². The van der Waals surface area contributed by atoms with Crippen LogP contribution in [0.5, 0.6) is 0 Å². The Morgan fingerprint density at radius 2 is 1.94 bits per heavy atom. The fourth-order valence-corrected chi connectivity index (χ4v) is 1.48. The molecule has 1 unspecified atom stereocenters. The van der Waals surface area contributed by atoms with E-state index in [4.69, 9.17) is 11.1 Å². The molecule has 4 nitrogen and oxygen atoms in total. The van der Waals surface area contributed by atoms with Gasteiger partial charge in [0, 0.05) is 6.04 Å².